The van der Waals surface area contributed by atoms with Crippen molar-refractivity contribution in [1.29, 1.82) is 0 Å². The largest absolute Gasteiger partial charge is 0.310 e. The monoisotopic (exact) mass is 217 g/mol. The average molecular weight is 217 g/mol. The summed E-state index contributed by atoms with van der Waals surface area (Å²) in [6.07, 6.45) is 4.13. The first-order valence-corrected chi connectivity index (χ1v) is 6.49. The standard InChI is InChI=1S/C15H23N/c1-11(2)13-8-7-12(3)14(9-13)10-16-15-5-4-6-15/h7-9,11,15-16H,4-6,10H2,1-3H3. The Kier molecular flexibility index (Phi) is 3.65. The fraction of sp³-hybridized carbons (Fsp3) is 0.600. The van der Waals surface area contributed by atoms with Crippen molar-refractivity contribution in [3.05, 3.63) is 34.9 Å². The Morgan fingerprint density at radius 1 is 1.31 bits per heavy atom. The molecular formula is C15H23N. The minimum atomic E-state index is 0.628. The van der Waals surface area contributed by atoms with Crippen LogP contribution in [0.2, 0.25) is 0 Å². The van der Waals surface area contributed by atoms with Gasteiger partial charge in [-0.25, -0.2) is 0 Å². The summed E-state index contributed by atoms with van der Waals surface area (Å²) in [4.78, 5) is 0. The van der Waals surface area contributed by atoms with E-state index in [1.54, 1.807) is 0 Å². The molecule has 0 radical (unpaired) electrons. The van der Waals surface area contributed by atoms with Crippen LogP contribution >= 0.6 is 0 Å². The SMILES string of the molecule is Cc1ccc(C(C)C)cc1CNC1CCC1. The van der Waals surface area contributed by atoms with Crippen molar-refractivity contribution in [2.45, 2.75) is 58.5 Å². The third-order valence-electron chi connectivity index (χ3n) is 3.73. The first-order valence-electron chi connectivity index (χ1n) is 6.49. The van der Waals surface area contributed by atoms with E-state index < -0.39 is 0 Å². The minimum absolute atomic E-state index is 0.628. The van der Waals surface area contributed by atoms with E-state index in [-0.39, 0.29) is 0 Å². The lowest BCUT2D eigenvalue weighted by molar-refractivity contribution is 0.338. The van der Waals surface area contributed by atoms with Crippen molar-refractivity contribution in [2.24, 2.45) is 0 Å². The molecule has 0 unspecified atom stereocenters. The van der Waals surface area contributed by atoms with Crippen LogP contribution in [0.4, 0.5) is 0 Å². The fourth-order valence-electron chi connectivity index (χ4n) is 2.11. The molecular weight excluding hydrogens is 194 g/mol. The third kappa shape index (κ3) is 2.65. The van der Waals surface area contributed by atoms with E-state index in [1.807, 2.05) is 0 Å². The fourth-order valence-corrected chi connectivity index (χ4v) is 2.11. The smallest absolute Gasteiger partial charge is 0.0210 e. The summed E-state index contributed by atoms with van der Waals surface area (Å²) >= 11 is 0. The van der Waals surface area contributed by atoms with Crippen LogP contribution in [0.25, 0.3) is 0 Å². The molecule has 1 N–H and O–H groups in total. The van der Waals surface area contributed by atoms with Crippen LogP contribution in [0, 0.1) is 6.92 Å². The molecule has 1 fully saturated rings. The van der Waals surface area contributed by atoms with Crippen molar-refractivity contribution >= 4 is 0 Å². The Morgan fingerprint density at radius 3 is 2.62 bits per heavy atom. The van der Waals surface area contributed by atoms with E-state index in [9.17, 15) is 0 Å². The number of hydrogen-bond acceptors (Lipinski definition) is 1. The highest BCUT2D eigenvalue weighted by Gasteiger charge is 2.16. The molecule has 0 spiro atoms. The van der Waals surface area contributed by atoms with Gasteiger partial charge in [0.1, 0.15) is 0 Å². The Morgan fingerprint density at radius 2 is 2.06 bits per heavy atom. The summed E-state index contributed by atoms with van der Waals surface area (Å²) < 4.78 is 0. The summed E-state index contributed by atoms with van der Waals surface area (Å²) in [5.74, 6) is 0.628. The van der Waals surface area contributed by atoms with Gasteiger partial charge >= 0.3 is 0 Å². The molecule has 1 heteroatoms. The van der Waals surface area contributed by atoms with E-state index in [2.05, 4.69) is 44.3 Å². The van der Waals surface area contributed by atoms with Crippen LogP contribution in [0.5, 0.6) is 0 Å². The average Bonchev–Trinajstić information content (AvgIpc) is 2.18. The van der Waals surface area contributed by atoms with Gasteiger partial charge in [-0.15, -0.1) is 0 Å². The summed E-state index contributed by atoms with van der Waals surface area (Å²) in [6.45, 7) is 7.76. The number of aryl methyl sites for hydroxylation is 1. The number of benzene rings is 1. The molecule has 0 aliphatic heterocycles. The minimum Gasteiger partial charge on any atom is -0.310 e. The molecule has 0 atom stereocenters. The van der Waals surface area contributed by atoms with Gasteiger partial charge < -0.3 is 5.32 Å². The van der Waals surface area contributed by atoms with Crippen LogP contribution in [-0.4, -0.2) is 6.04 Å². The number of nitrogens with one attached hydrogen (secondary N) is 1. The van der Waals surface area contributed by atoms with E-state index in [0.29, 0.717) is 5.92 Å². The Balaban J connectivity index is 2.02. The second-order valence-electron chi connectivity index (χ2n) is 5.35. The van der Waals surface area contributed by atoms with Gasteiger partial charge in [-0.3, -0.25) is 0 Å². The predicted molar refractivity (Wildman–Crippen MR) is 69.7 cm³/mol. The van der Waals surface area contributed by atoms with Gasteiger partial charge in [0.15, 0.2) is 0 Å². The van der Waals surface area contributed by atoms with Gasteiger partial charge in [0.05, 0.1) is 0 Å². The molecule has 1 nitrogen and oxygen atoms in total. The third-order valence-corrected chi connectivity index (χ3v) is 3.73. The summed E-state index contributed by atoms with van der Waals surface area (Å²) in [6, 6.07) is 7.66. The van der Waals surface area contributed by atoms with Gasteiger partial charge in [0.25, 0.3) is 0 Å². The molecule has 0 aromatic heterocycles. The van der Waals surface area contributed by atoms with E-state index in [0.717, 1.165) is 12.6 Å². The van der Waals surface area contributed by atoms with Gasteiger partial charge in [-0.05, 0) is 42.4 Å². The lowest BCUT2D eigenvalue weighted by Gasteiger charge is -2.27. The van der Waals surface area contributed by atoms with Crippen LogP contribution < -0.4 is 5.32 Å². The molecule has 1 aromatic carbocycles. The van der Waals surface area contributed by atoms with Gasteiger partial charge in [-0.1, -0.05) is 38.5 Å². The predicted octanol–water partition coefficient (Wildman–Crippen LogP) is 3.76. The molecule has 1 aliphatic carbocycles. The molecule has 16 heavy (non-hydrogen) atoms. The maximum Gasteiger partial charge on any atom is 0.0210 e. The Hall–Kier alpha value is -0.820. The first kappa shape index (κ1) is 11.7. The zero-order chi connectivity index (χ0) is 11.5. The van der Waals surface area contributed by atoms with Crippen LogP contribution in [-0.2, 0) is 6.54 Å². The molecule has 0 saturated heterocycles. The molecule has 88 valence electrons. The second-order valence-corrected chi connectivity index (χ2v) is 5.35. The van der Waals surface area contributed by atoms with E-state index >= 15 is 0 Å². The van der Waals surface area contributed by atoms with Crippen molar-refractivity contribution < 1.29 is 0 Å². The molecule has 1 aliphatic rings. The van der Waals surface area contributed by atoms with Crippen LogP contribution in [0.3, 0.4) is 0 Å². The van der Waals surface area contributed by atoms with Crippen molar-refractivity contribution in [3.63, 3.8) is 0 Å². The molecule has 0 heterocycles. The van der Waals surface area contributed by atoms with Crippen molar-refractivity contribution in [3.8, 4) is 0 Å². The van der Waals surface area contributed by atoms with Crippen LogP contribution in [0.1, 0.15) is 55.7 Å². The molecule has 2 rings (SSSR count). The lowest BCUT2D eigenvalue weighted by atomic mass is 9.92. The number of rotatable bonds is 4. The normalized spacial score (nSPS) is 16.5. The van der Waals surface area contributed by atoms with E-state index in [4.69, 9.17) is 0 Å². The quantitative estimate of drug-likeness (QED) is 0.809. The van der Waals surface area contributed by atoms with Crippen LogP contribution in [0.15, 0.2) is 18.2 Å². The highest BCUT2D eigenvalue weighted by molar-refractivity contribution is 5.32. The highest BCUT2D eigenvalue weighted by atomic mass is 14.9. The first-order chi connectivity index (χ1) is 7.66. The maximum atomic E-state index is 3.64. The molecule has 0 bridgehead atoms. The van der Waals surface area contributed by atoms with Crippen molar-refractivity contribution in [2.75, 3.05) is 0 Å². The van der Waals surface area contributed by atoms with E-state index in [1.165, 1.54) is 36.0 Å². The zero-order valence-corrected chi connectivity index (χ0v) is 10.7. The second kappa shape index (κ2) is 5.01. The van der Waals surface area contributed by atoms with Gasteiger partial charge in [0, 0.05) is 12.6 Å². The van der Waals surface area contributed by atoms with Gasteiger partial charge in [-0.2, -0.15) is 0 Å². The molecule has 1 saturated carbocycles. The Bertz CT molecular complexity index is 350. The summed E-state index contributed by atoms with van der Waals surface area (Å²) in [5.41, 5.74) is 4.34. The number of hydrogen-bond donors (Lipinski definition) is 1. The van der Waals surface area contributed by atoms with Crippen molar-refractivity contribution in [1.82, 2.24) is 5.32 Å². The summed E-state index contributed by atoms with van der Waals surface area (Å²) in [5, 5.41) is 3.64. The lowest BCUT2D eigenvalue weighted by Crippen LogP contribution is -2.34. The molecule has 1 aromatic rings. The zero-order valence-electron chi connectivity index (χ0n) is 10.7. The Labute approximate surface area is 99.3 Å². The molecule has 0 amide bonds. The maximum absolute atomic E-state index is 3.64. The van der Waals surface area contributed by atoms with Gasteiger partial charge in [0.2, 0.25) is 0 Å². The highest BCUT2D eigenvalue weighted by Crippen LogP contribution is 2.21. The topological polar surface area (TPSA) is 12.0 Å². The summed E-state index contributed by atoms with van der Waals surface area (Å²) in [7, 11) is 0.